The van der Waals surface area contributed by atoms with Gasteiger partial charge in [0.2, 0.25) is 5.91 Å². The maximum Gasteiger partial charge on any atom is 0.223 e. The highest BCUT2D eigenvalue weighted by Crippen LogP contribution is 2.22. The highest BCUT2D eigenvalue weighted by atomic mass is 32.2. The molecule has 0 N–H and O–H groups in total. The van der Waals surface area contributed by atoms with Crippen LogP contribution in [0.1, 0.15) is 25.0 Å². The number of hydrogen-bond donors (Lipinski definition) is 0. The third-order valence-corrected chi connectivity index (χ3v) is 8.82. The number of piperidine rings is 1. The molecule has 2 heterocycles. The smallest absolute Gasteiger partial charge is 0.223 e. The second-order valence-electron chi connectivity index (χ2n) is 6.85. The number of carbonyl (C=O) groups excluding carboxylic acids is 1. The zero-order chi connectivity index (χ0) is 20.2. The minimum absolute atomic E-state index is 0.110. The van der Waals surface area contributed by atoms with Gasteiger partial charge in [-0.05, 0) is 37.1 Å². The van der Waals surface area contributed by atoms with Crippen LogP contribution in [0.5, 0.6) is 0 Å². The topological polar surface area (TPSA) is 102 Å². The molecule has 2 aromatic rings. The van der Waals surface area contributed by atoms with Crippen LogP contribution in [0.3, 0.4) is 0 Å². The lowest BCUT2D eigenvalue weighted by atomic mass is 10.1. The maximum atomic E-state index is 12.5. The van der Waals surface area contributed by atoms with Gasteiger partial charge in [-0.15, -0.1) is 0 Å². The maximum absolute atomic E-state index is 12.5. The van der Waals surface area contributed by atoms with Gasteiger partial charge in [-0.2, -0.15) is 0 Å². The van der Waals surface area contributed by atoms with Crippen LogP contribution in [0, 0.1) is 0 Å². The Labute approximate surface area is 165 Å². The fraction of sp³-hybridized carbons (Fsp3) is 0.421. The summed E-state index contributed by atoms with van der Waals surface area (Å²) in [5.41, 5.74) is 0. The van der Waals surface area contributed by atoms with Gasteiger partial charge in [0.25, 0.3) is 0 Å². The number of likely N-dealkylation sites (tertiary alicyclic amines) is 1. The van der Waals surface area contributed by atoms with Crippen LogP contribution in [-0.4, -0.2) is 51.7 Å². The standard InChI is InChI=1S/C19H23NO6S2/c21-19(10-14-27(22,23)17-6-2-1-3-7-17)20-11-8-18(9-12-20)28(24,25)15-16-5-4-13-26-16/h1-7,13,18H,8-12,14-15H2. The molecule has 1 aliphatic heterocycles. The van der Waals surface area contributed by atoms with Crippen molar-refractivity contribution in [1.29, 1.82) is 0 Å². The van der Waals surface area contributed by atoms with Crippen LogP contribution in [0.25, 0.3) is 0 Å². The number of benzene rings is 1. The third kappa shape index (κ3) is 5.02. The van der Waals surface area contributed by atoms with Crippen LogP contribution < -0.4 is 0 Å². The largest absolute Gasteiger partial charge is 0.468 e. The van der Waals surface area contributed by atoms with E-state index in [-0.39, 0.29) is 28.7 Å². The summed E-state index contributed by atoms with van der Waals surface area (Å²) < 4.78 is 54.7. The van der Waals surface area contributed by atoms with Gasteiger partial charge in [-0.1, -0.05) is 18.2 Å². The molecule has 0 radical (unpaired) electrons. The normalized spacial score (nSPS) is 16.2. The van der Waals surface area contributed by atoms with E-state index in [0.29, 0.717) is 31.7 Å². The number of sulfone groups is 2. The first-order valence-electron chi connectivity index (χ1n) is 9.07. The molecule has 1 aromatic heterocycles. The van der Waals surface area contributed by atoms with Crippen molar-refractivity contribution in [2.24, 2.45) is 0 Å². The summed E-state index contributed by atoms with van der Waals surface area (Å²) in [6.45, 7) is 0.624. The van der Waals surface area contributed by atoms with E-state index < -0.39 is 24.9 Å². The van der Waals surface area contributed by atoms with Gasteiger partial charge in [-0.3, -0.25) is 4.79 Å². The zero-order valence-corrected chi connectivity index (χ0v) is 17.0. The summed E-state index contributed by atoms with van der Waals surface area (Å²) >= 11 is 0. The minimum atomic E-state index is -3.51. The van der Waals surface area contributed by atoms with Gasteiger partial charge >= 0.3 is 0 Å². The molecule has 0 unspecified atom stereocenters. The SMILES string of the molecule is O=C(CCS(=O)(=O)c1ccccc1)N1CCC(S(=O)(=O)Cc2ccco2)CC1. The van der Waals surface area contributed by atoms with Crippen LogP contribution >= 0.6 is 0 Å². The molecule has 0 atom stereocenters. The molecule has 0 spiro atoms. The molecule has 1 fully saturated rings. The average Bonchev–Trinajstić information content (AvgIpc) is 3.19. The van der Waals surface area contributed by atoms with E-state index in [9.17, 15) is 21.6 Å². The lowest BCUT2D eigenvalue weighted by molar-refractivity contribution is -0.131. The number of hydrogen-bond acceptors (Lipinski definition) is 6. The molecular formula is C19H23NO6S2. The van der Waals surface area contributed by atoms with Crippen molar-refractivity contribution in [2.75, 3.05) is 18.8 Å². The van der Waals surface area contributed by atoms with E-state index in [2.05, 4.69) is 0 Å². The lowest BCUT2D eigenvalue weighted by Gasteiger charge is -2.31. The molecular weight excluding hydrogens is 402 g/mol. The van der Waals surface area contributed by atoms with E-state index in [1.807, 2.05) is 0 Å². The van der Waals surface area contributed by atoms with Crippen molar-refractivity contribution in [3.63, 3.8) is 0 Å². The summed E-state index contributed by atoms with van der Waals surface area (Å²) in [5.74, 6) is -0.258. The lowest BCUT2D eigenvalue weighted by Crippen LogP contribution is -2.43. The van der Waals surface area contributed by atoms with E-state index in [1.165, 1.54) is 18.4 Å². The van der Waals surface area contributed by atoms with Gasteiger partial charge in [0.15, 0.2) is 19.7 Å². The molecule has 1 saturated heterocycles. The Bertz CT molecular complexity index is 990. The molecule has 0 aliphatic carbocycles. The molecule has 9 heteroatoms. The third-order valence-electron chi connectivity index (χ3n) is 4.91. The number of furan rings is 1. The molecule has 1 aliphatic rings. The van der Waals surface area contributed by atoms with E-state index >= 15 is 0 Å². The second-order valence-corrected chi connectivity index (χ2v) is 11.2. The van der Waals surface area contributed by atoms with Gasteiger partial charge in [0, 0.05) is 19.5 Å². The Morgan fingerprint density at radius 1 is 1.00 bits per heavy atom. The molecule has 0 bridgehead atoms. The molecule has 1 aromatic carbocycles. The summed E-state index contributed by atoms with van der Waals surface area (Å²) in [6.07, 6.45) is 2.02. The number of amides is 1. The van der Waals surface area contributed by atoms with E-state index in [1.54, 1.807) is 35.2 Å². The van der Waals surface area contributed by atoms with Crippen molar-refractivity contribution in [3.8, 4) is 0 Å². The Hall–Kier alpha value is -2.13. The number of nitrogens with zero attached hydrogens (tertiary/aromatic N) is 1. The minimum Gasteiger partial charge on any atom is -0.468 e. The molecule has 3 rings (SSSR count). The van der Waals surface area contributed by atoms with E-state index in [4.69, 9.17) is 4.42 Å². The van der Waals surface area contributed by atoms with Crippen molar-refractivity contribution in [2.45, 2.75) is 35.2 Å². The van der Waals surface area contributed by atoms with E-state index in [0.717, 1.165) is 0 Å². The summed E-state index contributed by atoms with van der Waals surface area (Å²) in [6, 6.07) is 11.3. The summed E-state index contributed by atoms with van der Waals surface area (Å²) in [5, 5.41) is -0.519. The predicted molar refractivity (Wildman–Crippen MR) is 104 cm³/mol. The van der Waals surface area contributed by atoms with Crippen molar-refractivity contribution >= 4 is 25.6 Å². The molecule has 1 amide bonds. The average molecular weight is 426 g/mol. The fourth-order valence-corrected chi connectivity index (χ4v) is 6.28. The van der Waals surface area contributed by atoms with Crippen LogP contribution in [0.4, 0.5) is 0 Å². The Morgan fingerprint density at radius 2 is 1.68 bits per heavy atom. The summed E-state index contributed by atoms with van der Waals surface area (Å²) in [7, 11) is -6.87. The first-order valence-corrected chi connectivity index (χ1v) is 12.4. The monoisotopic (exact) mass is 425 g/mol. The Kier molecular flexibility index (Phi) is 6.24. The van der Waals surface area contributed by atoms with Gasteiger partial charge < -0.3 is 9.32 Å². The highest BCUT2D eigenvalue weighted by molar-refractivity contribution is 7.91. The van der Waals surface area contributed by atoms with Gasteiger partial charge in [0.05, 0.1) is 22.2 Å². The Balaban J connectivity index is 1.51. The van der Waals surface area contributed by atoms with Crippen molar-refractivity contribution in [3.05, 3.63) is 54.5 Å². The van der Waals surface area contributed by atoms with Gasteiger partial charge in [-0.25, -0.2) is 16.8 Å². The van der Waals surface area contributed by atoms with Crippen molar-refractivity contribution in [1.82, 2.24) is 4.90 Å². The second kappa shape index (κ2) is 8.48. The first-order chi connectivity index (χ1) is 13.3. The molecule has 7 nitrogen and oxygen atoms in total. The highest BCUT2D eigenvalue weighted by Gasteiger charge is 2.32. The molecule has 0 saturated carbocycles. The van der Waals surface area contributed by atoms with Crippen LogP contribution in [-0.2, 0) is 30.2 Å². The predicted octanol–water partition coefficient (Wildman–Crippen LogP) is 2.05. The number of rotatable bonds is 7. The van der Waals surface area contributed by atoms with Gasteiger partial charge in [0.1, 0.15) is 11.5 Å². The first kappa shape index (κ1) is 20.6. The van der Waals surface area contributed by atoms with Crippen LogP contribution in [0.2, 0.25) is 0 Å². The van der Waals surface area contributed by atoms with Crippen LogP contribution in [0.15, 0.2) is 58.0 Å². The fourth-order valence-electron chi connectivity index (χ4n) is 3.30. The number of carbonyl (C=O) groups is 1. The van der Waals surface area contributed by atoms with Crippen molar-refractivity contribution < 1.29 is 26.0 Å². The summed E-state index contributed by atoms with van der Waals surface area (Å²) in [4.78, 5) is 14.1. The molecule has 28 heavy (non-hydrogen) atoms. The molecule has 152 valence electrons. The quantitative estimate of drug-likeness (QED) is 0.673. The Morgan fingerprint density at radius 3 is 2.29 bits per heavy atom. The zero-order valence-electron chi connectivity index (χ0n) is 15.4.